The van der Waals surface area contributed by atoms with Crippen molar-refractivity contribution < 1.29 is 33.3 Å². The van der Waals surface area contributed by atoms with Gasteiger partial charge in [-0.25, -0.2) is 9.48 Å². The van der Waals surface area contributed by atoms with E-state index in [2.05, 4.69) is 20.9 Å². The van der Waals surface area contributed by atoms with E-state index in [0.29, 0.717) is 45.6 Å². The Hall–Kier alpha value is -4.48. The molecule has 0 spiro atoms. The molecule has 0 aliphatic rings. The van der Waals surface area contributed by atoms with Crippen molar-refractivity contribution in [3.05, 3.63) is 36.5 Å². The number of nitrogens with zero attached hydrogens (tertiary/aromatic N) is 3. The van der Waals surface area contributed by atoms with Crippen LogP contribution >= 0.6 is 0 Å². The first-order valence-corrected chi connectivity index (χ1v) is 11.3. The highest BCUT2D eigenvalue weighted by Gasteiger charge is 2.19. The third kappa shape index (κ3) is 6.60. The van der Waals surface area contributed by atoms with E-state index >= 15 is 0 Å². The van der Waals surface area contributed by atoms with Crippen molar-refractivity contribution >= 4 is 17.7 Å². The third-order valence-electron chi connectivity index (χ3n) is 5.00. The average molecular weight is 514 g/mol. The molecule has 0 fully saturated rings. The molecule has 0 radical (unpaired) electrons. The van der Waals surface area contributed by atoms with Crippen molar-refractivity contribution in [1.29, 1.82) is 0 Å². The summed E-state index contributed by atoms with van der Waals surface area (Å²) in [6.45, 7) is 4.93. The lowest BCUT2D eigenvalue weighted by Crippen LogP contribution is -2.37. The van der Waals surface area contributed by atoms with Gasteiger partial charge in [-0.15, -0.1) is 5.10 Å². The molecule has 0 atom stereocenters. The van der Waals surface area contributed by atoms with Gasteiger partial charge in [-0.2, -0.15) is 0 Å². The average Bonchev–Trinajstić information content (AvgIpc) is 3.35. The van der Waals surface area contributed by atoms with E-state index < -0.39 is 17.6 Å². The molecule has 3 rings (SSSR count). The van der Waals surface area contributed by atoms with Crippen LogP contribution < -0.4 is 29.6 Å². The molecule has 198 valence electrons. The van der Waals surface area contributed by atoms with Gasteiger partial charge in [-0.05, 0) is 39.0 Å². The number of carbonyl (C=O) groups is 2. The van der Waals surface area contributed by atoms with Crippen LogP contribution in [-0.2, 0) is 9.53 Å². The van der Waals surface area contributed by atoms with E-state index in [9.17, 15) is 9.59 Å². The molecule has 0 saturated carbocycles. The van der Waals surface area contributed by atoms with Crippen molar-refractivity contribution in [2.24, 2.45) is 0 Å². The van der Waals surface area contributed by atoms with Crippen LogP contribution in [0.25, 0.3) is 16.9 Å². The Morgan fingerprint density at radius 1 is 0.919 bits per heavy atom. The van der Waals surface area contributed by atoms with Crippen LogP contribution in [-0.4, -0.2) is 67.6 Å². The smallest absolute Gasteiger partial charge is 0.408 e. The third-order valence-corrected chi connectivity index (χ3v) is 5.00. The first kappa shape index (κ1) is 27.1. The molecular weight excluding hydrogens is 482 g/mol. The summed E-state index contributed by atoms with van der Waals surface area (Å²) in [5.74, 6) is 1.33. The zero-order valence-corrected chi connectivity index (χ0v) is 21.9. The lowest BCUT2D eigenvalue weighted by Gasteiger charge is -2.19. The minimum Gasteiger partial charge on any atom is -0.495 e. The maximum atomic E-state index is 12.5. The Bertz CT molecular complexity index is 1240. The van der Waals surface area contributed by atoms with Gasteiger partial charge < -0.3 is 34.3 Å². The molecule has 12 heteroatoms. The summed E-state index contributed by atoms with van der Waals surface area (Å²) >= 11 is 0. The molecule has 1 heterocycles. The summed E-state index contributed by atoms with van der Waals surface area (Å²) < 4.78 is 28.5. The van der Waals surface area contributed by atoms with Gasteiger partial charge in [-0.3, -0.25) is 4.79 Å². The SMILES string of the molecule is COc1ccc(-c2cnnn2-c2cc(OC)c(OC)c(OC)c2)cc1NC(=O)CNC(=O)OC(C)(C)C. The maximum absolute atomic E-state index is 12.5. The van der Waals surface area contributed by atoms with E-state index in [-0.39, 0.29) is 6.54 Å². The van der Waals surface area contributed by atoms with E-state index in [4.69, 9.17) is 23.7 Å². The van der Waals surface area contributed by atoms with Crippen molar-refractivity contribution in [1.82, 2.24) is 20.3 Å². The monoisotopic (exact) mass is 513 g/mol. The Kier molecular flexibility index (Phi) is 8.43. The highest BCUT2D eigenvalue weighted by Crippen LogP contribution is 2.40. The predicted octanol–water partition coefficient (Wildman–Crippen LogP) is 3.43. The molecule has 0 aliphatic heterocycles. The number of hydrogen-bond donors (Lipinski definition) is 2. The Morgan fingerprint density at radius 2 is 1.57 bits per heavy atom. The lowest BCUT2D eigenvalue weighted by atomic mass is 10.1. The standard InChI is InChI=1S/C25H31N5O7/c1-25(2,3)37-24(32)26-14-22(31)28-17-10-15(8-9-19(17)33-4)18-13-27-29-30(18)16-11-20(34-5)23(36-7)21(12-16)35-6/h8-13H,14H2,1-7H3,(H,26,32)(H,28,31). The summed E-state index contributed by atoms with van der Waals surface area (Å²) in [4.78, 5) is 24.4. The molecule has 0 aliphatic carbocycles. The number of ether oxygens (including phenoxy) is 5. The normalized spacial score (nSPS) is 10.9. The first-order valence-electron chi connectivity index (χ1n) is 11.3. The first-order chi connectivity index (χ1) is 17.6. The molecule has 2 N–H and O–H groups in total. The van der Waals surface area contributed by atoms with E-state index in [1.165, 1.54) is 28.4 Å². The minimum absolute atomic E-state index is 0.285. The van der Waals surface area contributed by atoms with Gasteiger partial charge in [0.15, 0.2) is 11.5 Å². The number of carbonyl (C=O) groups excluding carboxylic acids is 2. The number of amides is 2. The fraction of sp³-hybridized carbons (Fsp3) is 0.360. The van der Waals surface area contributed by atoms with Crippen LogP contribution in [0.4, 0.5) is 10.5 Å². The maximum Gasteiger partial charge on any atom is 0.408 e. The van der Waals surface area contributed by atoms with Crippen LogP contribution in [0.3, 0.4) is 0 Å². The summed E-state index contributed by atoms with van der Waals surface area (Å²) in [5, 5.41) is 13.5. The zero-order chi connectivity index (χ0) is 27.2. The molecule has 3 aromatic rings. The van der Waals surface area contributed by atoms with Crippen LogP contribution in [0.15, 0.2) is 36.5 Å². The molecule has 0 saturated heterocycles. The second kappa shape index (κ2) is 11.5. The number of benzene rings is 2. The highest BCUT2D eigenvalue weighted by molar-refractivity contribution is 5.95. The number of nitrogens with one attached hydrogen (secondary N) is 2. The van der Waals surface area contributed by atoms with Crippen LogP contribution in [0.5, 0.6) is 23.0 Å². The predicted molar refractivity (Wildman–Crippen MR) is 136 cm³/mol. The Balaban J connectivity index is 1.89. The van der Waals surface area contributed by atoms with Gasteiger partial charge in [0.05, 0.1) is 51.7 Å². The van der Waals surface area contributed by atoms with Crippen LogP contribution in [0.1, 0.15) is 20.8 Å². The molecular formula is C25H31N5O7. The summed E-state index contributed by atoms with van der Waals surface area (Å²) in [7, 11) is 6.07. The Labute approximate surface area is 214 Å². The number of rotatable bonds is 9. The van der Waals surface area contributed by atoms with E-state index in [1.54, 1.807) is 62.0 Å². The Morgan fingerprint density at radius 3 is 2.14 bits per heavy atom. The van der Waals surface area contributed by atoms with Crippen LogP contribution in [0, 0.1) is 0 Å². The summed E-state index contributed by atoms with van der Waals surface area (Å²) in [6, 6.07) is 8.72. The van der Waals surface area contributed by atoms with Gasteiger partial charge in [0, 0.05) is 17.7 Å². The fourth-order valence-electron chi connectivity index (χ4n) is 3.44. The second-order valence-electron chi connectivity index (χ2n) is 8.73. The lowest BCUT2D eigenvalue weighted by molar-refractivity contribution is -0.115. The highest BCUT2D eigenvalue weighted by atomic mass is 16.6. The van der Waals surface area contributed by atoms with Gasteiger partial charge in [0.1, 0.15) is 17.9 Å². The molecule has 37 heavy (non-hydrogen) atoms. The second-order valence-corrected chi connectivity index (χ2v) is 8.73. The summed E-state index contributed by atoms with van der Waals surface area (Å²) in [5.41, 5.74) is 1.65. The topological polar surface area (TPSA) is 135 Å². The number of aromatic nitrogens is 3. The van der Waals surface area contributed by atoms with Crippen molar-refractivity contribution in [3.63, 3.8) is 0 Å². The van der Waals surface area contributed by atoms with Crippen LogP contribution in [0.2, 0.25) is 0 Å². The number of methoxy groups -OCH3 is 4. The molecule has 0 bridgehead atoms. The molecule has 12 nitrogen and oxygen atoms in total. The largest absolute Gasteiger partial charge is 0.495 e. The van der Waals surface area contributed by atoms with Gasteiger partial charge >= 0.3 is 6.09 Å². The molecule has 0 unspecified atom stereocenters. The van der Waals surface area contributed by atoms with E-state index in [1.807, 2.05) is 0 Å². The fourth-order valence-corrected chi connectivity index (χ4v) is 3.44. The number of alkyl carbamates (subject to hydrolysis) is 1. The molecule has 2 amide bonds. The quantitative estimate of drug-likeness (QED) is 0.441. The minimum atomic E-state index is -0.691. The molecule has 1 aromatic heterocycles. The van der Waals surface area contributed by atoms with Crippen molar-refractivity contribution in [2.45, 2.75) is 26.4 Å². The van der Waals surface area contributed by atoms with Crippen molar-refractivity contribution in [3.8, 4) is 39.9 Å². The number of hydrogen-bond acceptors (Lipinski definition) is 9. The van der Waals surface area contributed by atoms with Crippen molar-refractivity contribution in [2.75, 3.05) is 40.3 Å². The zero-order valence-electron chi connectivity index (χ0n) is 21.9. The van der Waals surface area contributed by atoms with Gasteiger partial charge in [-0.1, -0.05) is 5.21 Å². The van der Waals surface area contributed by atoms with Gasteiger partial charge in [0.2, 0.25) is 11.7 Å². The van der Waals surface area contributed by atoms with E-state index in [0.717, 1.165) is 0 Å². The molecule has 2 aromatic carbocycles. The van der Waals surface area contributed by atoms with Gasteiger partial charge in [0.25, 0.3) is 0 Å². The number of anilines is 1. The summed E-state index contributed by atoms with van der Waals surface area (Å²) in [6.07, 6.45) is 0.893.